The molecule has 0 aliphatic rings. The van der Waals surface area contributed by atoms with Crippen molar-refractivity contribution >= 4 is 35.6 Å². The van der Waals surface area contributed by atoms with Gasteiger partial charge in [-0.05, 0) is 20.4 Å². The number of aromatic nitrogens is 1. The van der Waals surface area contributed by atoms with Crippen LogP contribution in [0.25, 0.3) is 0 Å². The van der Waals surface area contributed by atoms with E-state index in [0.717, 1.165) is 5.01 Å². The Hall–Kier alpha value is -1.18. The fraction of sp³-hybridized carbons (Fsp3) is 0.615. The Morgan fingerprint density at radius 1 is 1.43 bits per heavy atom. The third-order valence-corrected chi connectivity index (χ3v) is 3.37. The molecule has 8 heteroatoms. The van der Waals surface area contributed by atoms with Crippen LogP contribution < -0.4 is 11.1 Å². The van der Waals surface area contributed by atoms with E-state index in [1.54, 1.807) is 26.2 Å². The minimum Gasteiger partial charge on any atom is -0.463 e. The molecule has 120 valence electrons. The van der Waals surface area contributed by atoms with Crippen LogP contribution in [0.3, 0.4) is 0 Å². The summed E-state index contributed by atoms with van der Waals surface area (Å²) in [5.41, 5.74) is 5.80. The number of amides is 1. The van der Waals surface area contributed by atoms with Gasteiger partial charge >= 0.3 is 5.97 Å². The largest absolute Gasteiger partial charge is 0.463 e. The number of nitrogens with one attached hydrogen (secondary N) is 1. The van der Waals surface area contributed by atoms with E-state index < -0.39 is 0 Å². The highest BCUT2D eigenvalue weighted by Gasteiger charge is 2.18. The monoisotopic (exact) mass is 335 g/mol. The molecule has 21 heavy (non-hydrogen) atoms. The molecule has 0 aliphatic carbocycles. The van der Waals surface area contributed by atoms with Gasteiger partial charge in [-0.25, -0.2) is 4.98 Å². The quantitative estimate of drug-likeness (QED) is 0.734. The van der Waals surface area contributed by atoms with E-state index in [1.807, 2.05) is 0 Å². The van der Waals surface area contributed by atoms with E-state index >= 15 is 0 Å². The summed E-state index contributed by atoms with van der Waals surface area (Å²) < 4.78 is 5.07. The van der Waals surface area contributed by atoms with Crippen LogP contribution >= 0.6 is 23.7 Å². The number of nitrogens with two attached hydrogens (primary N) is 1. The molecule has 0 aliphatic heterocycles. The first-order valence-corrected chi connectivity index (χ1v) is 7.45. The molecule has 0 bridgehead atoms. The number of thiazole rings is 1. The summed E-state index contributed by atoms with van der Waals surface area (Å²) in [4.78, 5) is 27.6. The van der Waals surface area contributed by atoms with E-state index in [2.05, 4.69) is 10.3 Å². The van der Waals surface area contributed by atoms with Gasteiger partial charge in [0.05, 0.1) is 17.0 Å². The van der Waals surface area contributed by atoms with Crippen LogP contribution in [-0.2, 0) is 16.0 Å². The Balaban J connectivity index is 0.00000400. The minimum atomic E-state index is -0.386. The van der Waals surface area contributed by atoms with Gasteiger partial charge in [0.25, 0.3) is 5.91 Å². The predicted octanol–water partition coefficient (Wildman–Crippen LogP) is 1.38. The van der Waals surface area contributed by atoms with Crippen molar-refractivity contribution in [3.8, 4) is 0 Å². The summed E-state index contributed by atoms with van der Waals surface area (Å²) in [6.45, 7) is 6.03. The summed E-state index contributed by atoms with van der Waals surface area (Å²) in [7, 11) is 0. The molecule has 1 aromatic heterocycles. The third kappa shape index (κ3) is 6.88. The number of esters is 1. The second kappa shape index (κ2) is 9.70. The summed E-state index contributed by atoms with van der Waals surface area (Å²) in [6.07, 6.45) is 0.507. The molecule has 1 aromatic rings. The van der Waals surface area contributed by atoms with E-state index in [0.29, 0.717) is 18.7 Å². The van der Waals surface area contributed by atoms with Gasteiger partial charge in [0.15, 0.2) is 0 Å². The fourth-order valence-corrected chi connectivity index (χ4v) is 2.22. The maximum absolute atomic E-state index is 11.9. The molecule has 0 saturated carbocycles. The minimum absolute atomic E-state index is 0. The molecule has 0 fully saturated rings. The van der Waals surface area contributed by atoms with Crippen molar-refractivity contribution in [3.05, 3.63) is 16.1 Å². The highest BCUT2D eigenvalue weighted by atomic mass is 35.5. The van der Waals surface area contributed by atoms with Gasteiger partial charge < -0.3 is 15.8 Å². The maximum atomic E-state index is 11.9. The smallest absolute Gasteiger partial charge is 0.310 e. The number of hydrogen-bond donors (Lipinski definition) is 2. The molecule has 0 spiro atoms. The zero-order valence-corrected chi connectivity index (χ0v) is 14.1. The lowest BCUT2D eigenvalue weighted by molar-refractivity contribution is -0.151. The number of ether oxygens (including phenoxy) is 1. The van der Waals surface area contributed by atoms with Crippen LogP contribution in [0.15, 0.2) is 5.38 Å². The second-order valence-electron chi connectivity index (χ2n) is 4.76. The maximum Gasteiger partial charge on any atom is 0.310 e. The highest BCUT2D eigenvalue weighted by Crippen LogP contribution is 2.10. The zero-order chi connectivity index (χ0) is 15.1. The number of hydrogen-bond acceptors (Lipinski definition) is 6. The standard InChI is InChI=1S/C13H21N3O3S.ClH/c1-8(2)19-13(18)9(3)6-15-12(17)10-7-20-11(16-10)4-5-14;/h7-9H,4-6,14H2,1-3H3,(H,15,17);1H. The van der Waals surface area contributed by atoms with Gasteiger partial charge in [-0.2, -0.15) is 0 Å². The molecule has 1 unspecified atom stereocenters. The first kappa shape index (κ1) is 19.8. The third-order valence-electron chi connectivity index (χ3n) is 2.47. The Labute approximate surface area is 134 Å². The summed E-state index contributed by atoms with van der Waals surface area (Å²) in [5.74, 6) is -0.986. The van der Waals surface area contributed by atoms with Crippen molar-refractivity contribution in [2.75, 3.05) is 13.1 Å². The fourth-order valence-electron chi connectivity index (χ4n) is 1.42. The Morgan fingerprint density at radius 2 is 2.10 bits per heavy atom. The van der Waals surface area contributed by atoms with Gasteiger partial charge in [-0.3, -0.25) is 9.59 Å². The van der Waals surface area contributed by atoms with E-state index in [4.69, 9.17) is 10.5 Å². The average Bonchev–Trinajstić information content (AvgIpc) is 2.83. The molecule has 0 saturated heterocycles. The molecule has 6 nitrogen and oxygen atoms in total. The predicted molar refractivity (Wildman–Crippen MR) is 84.8 cm³/mol. The van der Waals surface area contributed by atoms with Gasteiger partial charge in [-0.1, -0.05) is 6.92 Å². The molecular formula is C13H22ClN3O3S. The Kier molecular flexibility index (Phi) is 9.16. The van der Waals surface area contributed by atoms with Crippen LogP contribution in [0.4, 0.5) is 0 Å². The van der Waals surface area contributed by atoms with Gasteiger partial charge in [-0.15, -0.1) is 23.7 Å². The van der Waals surface area contributed by atoms with Crippen molar-refractivity contribution in [3.63, 3.8) is 0 Å². The first-order valence-electron chi connectivity index (χ1n) is 6.57. The van der Waals surface area contributed by atoms with Crippen molar-refractivity contribution in [1.29, 1.82) is 0 Å². The van der Waals surface area contributed by atoms with E-state index in [-0.39, 0.29) is 42.9 Å². The Morgan fingerprint density at radius 3 is 2.67 bits per heavy atom. The molecule has 3 N–H and O–H groups in total. The van der Waals surface area contributed by atoms with Crippen LogP contribution in [0, 0.1) is 5.92 Å². The number of halogens is 1. The van der Waals surface area contributed by atoms with Gasteiger partial charge in [0.1, 0.15) is 5.69 Å². The number of carbonyl (C=O) groups excluding carboxylic acids is 2. The number of rotatable bonds is 7. The highest BCUT2D eigenvalue weighted by molar-refractivity contribution is 7.09. The average molecular weight is 336 g/mol. The van der Waals surface area contributed by atoms with Gasteiger partial charge in [0, 0.05) is 18.3 Å². The second-order valence-corrected chi connectivity index (χ2v) is 5.70. The van der Waals surface area contributed by atoms with Crippen LogP contribution in [0.2, 0.25) is 0 Å². The van der Waals surface area contributed by atoms with Crippen molar-refractivity contribution < 1.29 is 14.3 Å². The first-order chi connectivity index (χ1) is 9.43. The molecule has 1 rings (SSSR count). The summed E-state index contributed by atoms with van der Waals surface area (Å²) >= 11 is 1.41. The molecule has 1 amide bonds. The molecule has 1 atom stereocenters. The normalized spacial score (nSPS) is 11.7. The molecule has 0 radical (unpaired) electrons. The lowest BCUT2D eigenvalue weighted by Crippen LogP contribution is -2.33. The van der Waals surface area contributed by atoms with Crippen LogP contribution in [0.1, 0.15) is 36.3 Å². The lowest BCUT2D eigenvalue weighted by atomic mass is 10.2. The molecule has 1 heterocycles. The summed E-state index contributed by atoms with van der Waals surface area (Å²) in [5, 5.41) is 5.21. The number of nitrogens with zero attached hydrogens (tertiary/aromatic N) is 1. The van der Waals surface area contributed by atoms with E-state index in [1.165, 1.54) is 11.3 Å². The van der Waals surface area contributed by atoms with Crippen molar-refractivity contribution in [1.82, 2.24) is 10.3 Å². The number of carbonyl (C=O) groups is 2. The molecular weight excluding hydrogens is 314 g/mol. The van der Waals surface area contributed by atoms with Crippen molar-refractivity contribution in [2.24, 2.45) is 11.7 Å². The molecule has 0 aromatic carbocycles. The SMILES string of the molecule is CC(C)OC(=O)C(C)CNC(=O)c1csc(CCN)n1.Cl. The van der Waals surface area contributed by atoms with Crippen LogP contribution in [0.5, 0.6) is 0 Å². The van der Waals surface area contributed by atoms with Crippen LogP contribution in [-0.4, -0.2) is 36.1 Å². The van der Waals surface area contributed by atoms with E-state index in [9.17, 15) is 9.59 Å². The Bertz CT molecular complexity index is 465. The summed E-state index contributed by atoms with van der Waals surface area (Å²) in [6, 6.07) is 0. The van der Waals surface area contributed by atoms with Gasteiger partial charge in [0.2, 0.25) is 0 Å². The zero-order valence-electron chi connectivity index (χ0n) is 12.4. The van der Waals surface area contributed by atoms with Crippen molar-refractivity contribution in [2.45, 2.75) is 33.3 Å². The lowest BCUT2D eigenvalue weighted by Gasteiger charge is -2.14. The topological polar surface area (TPSA) is 94.3 Å².